The van der Waals surface area contributed by atoms with Crippen molar-refractivity contribution in [1.29, 1.82) is 0 Å². The van der Waals surface area contributed by atoms with Crippen molar-refractivity contribution in [2.75, 3.05) is 10.6 Å². The molecule has 0 aliphatic rings. The quantitative estimate of drug-likeness (QED) is 0.867. The number of halogens is 1. The van der Waals surface area contributed by atoms with E-state index < -0.39 is 0 Å². The van der Waals surface area contributed by atoms with E-state index >= 15 is 0 Å². The second kappa shape index (κ2) is 6.65. The molecular weight excluding hydrogens is 318 g/mol. The summed E-state index contributed by atoms with van der Waals surface area (Å²) in [4.78, 5) is 4.40. The van der Waals surface area contributed by atoms with Crippen LogP contribution in [0.5, 0.6) is 0 Å². The van der Waals surface area contributed by atoms with E-state index in [9.17, 15) is 0 Å². The van der Waals surface area contributed by atoms with Crippen molar-refractivity contribution < 1.29 is 0 Å². The summed E-state index contributed by atoms with van der Waals surface area (Å²) < 4.78 is 0.974. The van der Waals surface area contributed by atoms with Gasteiger partial charge in [0.25, 0.3) is 0 Å². The number of anilines is 3. The van der Waals surface area contributed by atoms with Gasteiger partial charge in [-0.3, -0.25) is 0 Å². The van der Waals surface area contributed by atoms with Gasteiger partial charge in [0.1, 0.15) is 0 Å². The van der Waals surface area contributed by atoms with Crippen LogP contribution in [0.2, 0.25) is 0 Å². The first-order valence-electron chi connectivity index (χ1n) is 6.58. The van der Waals surface area contributed by atoms with Gasteiger partial charge >= 0.3 is 0 Å². The van der Waals surface area contributed by atoms with Crippen LogP contribution in [0.15, 0.2) is 28.9 Å². The van der Waals surface area contributed by atoms with Gasteiger partial charge in [-0.15, -0.1) is 5.10 Å². The van der Waals surface area contributed by atoms with E-state index in [0.717, 1.165) is 22.4 Å². The van der Waals surface area contributed by atoms with Crippen molar-refractivity contribution >= 4 is 33.4 Å². The Morgan fingerprint density at radius 2 is 2.15 bits per heavy atom. The number of nitrogens with zero attached hydrogens (tertiary/aromatic N) is 3. The van der Waals surface area contributed by atoms with Crippen molar-refractivity contribution in [3.8, 4) is 0 Å². The monoisotopic (exact) mass is 335 g/mol. The molecule has 0 saturated carbocycles. The summed E-state index contributed by atoms with van der Waals surface area (Å²) in [6, 6.07) is 6.40. The largest absolute Gasteiger partial charge is 0.366 e. The maximum atomic E-state index is 4.40. The van der Waals surface area contributed by atoms with E-state index in [1.165, 1.54) is 5.56 Å². The van der Waals surface area contributed by atoms with Gasteiger partial charge in [0.15, 0.2) is 5.82 Å². The maximum absolute atomic E-state index is 4.40. The molecular formula is C14H18BrN5. The van der Waals surface area contributed by atoms with Crippen LogP contribution in [0.4, 0.5) is 17.5 Å². The number of benzene rings is 1. The van der Waals surface area contributed by atoms with Crippen LogP contribution < -0.4 is 10.6 Å². The number of rotatable bonds is 5. The first-order chi connectivity index (χ1) is 9.58. The minimum absolute atomic E-state index is 0.352. The minimum atomic E-state index is 0.352. The molecule has 0 amide bonds. The van der Waals surface area contributed by atoms with Gasteiger partial charge in [0, 0.05) is 10.5 Å². The average Bonchev–Trinajstić information content (AvgIpc) is 2.42. The van der Waals surface area contributed by atoms with E-state index in [4.69, 9.17) is 0 Å². The highest BCUT2D eigenvalue weighted by atomic mass is 79.9. The van der Waals surface area contributed by atoms with E-state index in [1.807, 2.05) is 25.1 Å². The lowest BCUT2D eigenvalue weighted by Crippen LogP contribution is -2.15. The lowest BCUT2D eigenvalue weighted by Gasteiger charge is -2.12. The SMILES string of the molecule is CCC(C)Nc1cnnc(Nc2ccc(C)cc2Br)n1. The van der Waals surface area contributed by atoms with E-state index in [1.54, 1.807) is 6.20 Å². The molecule has 2 rings (SSSR count). The second-order valence-corrected chi connectivity index (χ2v) is 5.58. The van der Waals surface area contributed by atoms with Crippen molar-refractivity contribution in [3.63, 3.8) is 0 Å². The van der Waals surface area contributed by atoms with Crippen LogP contribution in [0.25, 0.3) is 0 Å². The fraction of sp³-hybridized carbons (Fsp3) is 0.357. The van der Waals surface area contributed by atoms with Gasteiger partial charge in [0.05, 0.1) is 11.9 Å². The third-order valence-corrected chi connectivity index (χ3v) is 3.59. The summed E-state index contributed by atoms with van der Waals surface area (Å²) in [6.45, 7) is 6.27. The van der Waals surface area contributed by atoms with Crippen molar-refractivity contribution in [1.82, 2.24) is 15.2 Å². The number of hydrogen-bond acceptors (Lipinski definition) is 5. The molecule has 1 unspecified atom stereocenters. The van der Waals surface area contributed by atoms with Gasteiger partial charge in [-0.2, -0.15) is 10.1 Å². The second-order valence-electron chi connectivity index (χ2n) is 4.73. The fourth-order valence-electron chi connectivity index (χ4n) is 1.62. The summed E-state index contributed by atoms with van der Waals surface area (Å²) in [5.41, 5.74) is 2.10. The van der Waals surface area contributed by atoms with Crippen LogP contribution in [0, 0.1) is 6.92 Å². The third-order valence-electron chi connectivity index (χ3n) is 2.94. The molecule has 20 heavy (non-hydrogen) atoms. The molecule has 5 nitrogen and oxygen atoms in total. The Morgan fingerprint density at radius 3 is 2.85 bits per heavy atom. The first-order valence-corrected chi connectivity index (χ1v) is 7.37. The van der Waals surface area contributed by atoms with E-state index in [2.05, 4.69) is 55.6 Å². The Labute approximate surface area is 127 Å². The zero-order valence-electron chi connectivity index (χ0n) is 11.8. The van der Waals surface area contributed by atoms with Crippen molar-refractivity contribution in [2.24, 2.45) is 0 Å². The molecule has 1 heterocycles. The Morgan fingerprint density at radius 1 is 1.35 bits per heavy atom. The Kier molecular flexibility index (Phi) is 4.89. The predicted octanol–water partition coefficient (Wildman–Crippen LogP) is 3.90. The van der Waals surface area contributed by atoms with Crippen LogP contribution in [0.1, 0.15) is 25.8 Å². The molecule has 2 N–H and O–H groups in total. The van der Waals surface area contributed by atoms with E-state index in [-0.39, 0.29) is 0 Å². The molecule has 1 aromatic carbocycles. The normalized spacial score (nSPS) is 12.0. The summed E-state index contributed by atoms with van der Waals surface area (Å²) in [5, 5.41) is 14.4. The van der Waals surface area contributed by atoms with Crippen LogP contribution in [-0.2, 0) is 0 Å². The number of nitrogens with one attached hydrogen (secondary N) is 2. The predicted molar refractivity (Wildman–Crippen MR) is 85.4 cm³/mol. The number of hydrogen-bond donors (Lipinski definition) is 2. The van der Waals surface area contributed by atoms with Crippen molar-refractivity contribution in [3.05, 3.63) is 34.4 Å². The highest BCUT2D eigenvalue weighted by Crippen LogP contribution is 2.25. The summed E-state index contributed by atoms with van der Waals surface area (Å²) in [6.07, 6.45) is 2.65. The lowest BCUT2D eigenvalue weighted by atomic mass is 10.2. The van der Waals surface area contributed by atoms with Gasteiger partial charge < -0.3 is 10.6 Å². The highest BCUT2D eigenvalue weighted by molar-refractivity contribution is 9.10. The smallest absolute Gasteiger partial charge is 0.249 e. The molecule has 0 aliphatic carbocycles. The number of aromatic nitrogens is 3. The van der Waals surface area contributed by atoms with Crippen LogP contribution in [-0.4, -0.2) is 21.2 Å². The molecule has 1 atom stereocenters. The molecule has 106 valence electrons. The Hall–Kier alpha value is -1.69. The first kappa shape index (κ1) is 14.7. The van der Waals surface area contributed by atoms with Crippen LogP contribution >= 0.6 is 15.9 Å². The molecule has 0 aliphatic heterocycles. The van der Waals surface area contributed by atoms with Crippen LogP contribution in [0.3, 0.4) is 0 Å². The molecule has 0 bridgehead atoms. The van der Waals surface area contributed by atoms with Gasteiger partial charge in [-0.05, 0) is 53.9 Å². The highest BCUT2D eigenvalue weighted by Gasteiger charge is 2.06. The standard InChI is InChI=1S/C14H18BrN5/c1-4-10(3)17-13-8-16-20-14(19-13)18-12-6-5-9(2)7-11(12)15/h5-8,10H,4H2,1-3H3,(H2,17,18,19,20). The van der Waals surface area contributed by atoms with Gasteiger partial charge in [-0.25, -0.2) is 0 Å². The van der Waals surface area contributed by atoms with E-state index in [0.29, 0.717) is 12.0 Å². The molecule has 0 spiro atoms. The zero-order chi connectivity index (χ0) is 14.5. The maximum Gasteiger partial charge on any atom is 0.249 e. The summed E-state index contributed by atoms with van der Waals surface area (Å²) >= 11 is 3.52. The molecule has 0 saturated heterocycles. The van der Waals surface area contributed by atoms with Crippen molar-refractivity contribution in [2.45, 2.75) is 33.2 Å². The van der Waals surface area contributed by atoms with Gasteiger partial charge in [0.2, 0.25) is 5.95 Å². The topological polar surface area (TPSA) is 62.7 Å². The molecule has 1 aromatic heterocycles. The molecule has 0 fully saturated rings. The molecule has 6 heteroatoms. The summed E-state index contributed by atoms with van der Waals surface area (Å²) in [5.74, 6) is 1.20. The average molecular weight is 336 g/mol. The zero-order valence-corrected chi connectivity index (χ0v) is 13.4. The minimum Gasteiger partial charge on any atom is -0.366 e. The Balaban J connectivity index is 2.15. The molecule has 2 aromatic rings. The molecule has 0 radical (unpaired) electrons. The number of aryl methyl sites for hydroxylation is 1. The third kappa shape index (κ3) is 3.90. The Bertz CT molecular complexity index is 588. The lowest BCUT2D eigenvalue weighted by molar-refractivity contribution is 0.755. The summed E-state index contributed by atoms with van der Waals surface area (Å²) in [7, 11) is 0. The van der Waals surface area contributed by atoms with Gasteiger partial charge in [-0.1, -0.05) is 13.0 Å². The fourth-order valence-corrected chi connectivity index (χ4v) is 2.21.